The number of furan rings is 1. The number of hydrogen-bond donors (Lipinski definition) is 1. The van der Waals surface area contributed by atoms with Crippen molar-refractivity contribution in [2.75, 3.05) is 37.6 Å². The molecule has 2 aromatic carbocycles. The first kappa shape index (κ1) is 18.8. The predicted octanol–water partition coefficient (Wildman–Crippen LogP) is 3.36. The zero-order valence-electron chi connectivity index (χ0n) is 17.3. The van der Waals surface area contributed by atoms with Crippen LogP contribution in [-0.4, -0.2) is 42.7 Å². The molecular formula is C25H27N4O+. The smallest absolute Gasteiger partial charge is 0.196 e. The molecule has 5 rings (SSSR count). The molecule has 0 atom stereocenters. The van der Waals surface area contributed by atoms with Gasteiger partial charge in [-0.3, -0.25) is 0 Å². The molecule has 3 heterocycles. The summed E-state index contributed by atoms with van der Waals surface area (Å²) in [6.45, 7) is 7.28. The highest BCUT2D eigenvalue weighted by molar-refractivity contribution is 6.05. The van der Waals surface area contributed by atoms with Crippen LogP contribution < -0.4 is 9.80 Å². The number of piperazine rings is 1. The summed E-state index contributed by atoms with van der Waals surface area (Å²) in [6, 6.07) is 18.6. The largest absolute Gasteiger partial charge is 0.450 e. The molecule has 2 aromatic heterocycles. The lowest BCUT2D eigenvalue weighted by molar-refractivity contribution is -0.894. The van der Waals surface area contributed by atoms with Crippen LogP contribution in [0.15, 0.2) is 65.1 Å². The molecule has 0 aliphatic carbocycles. The summed E-state index contributed by atoms with van der Waals surface area (Å²) >= 11 is 0. The van der Waals surface area contributed by atoms with Crippen molar-refractivity contribution in [3.63, 3.8) is 0 Å². The number of aromatic nitrogens is 2. The van der Waals surface area contributed by atoms with Gasteiger partial charge in [0, 0.05) is 11.8 Å². The fourth-order valence-electron chi connectivity index (χ4n) is 4.16. The minimum atomic E-state index is 0.817. The van der Waals surface area contributed by atoms with Gasteiger partial charge in [-0.15, -0.1) is 0 Å². The summed E-state index contributed by atoms with van der Waals surface area (Å²) in [5, 5.41) is 1.07. The quantitative estimate of drug-likeness (QED) is 0.559. The maximum absolute atomic E-state index is 6.19. The molecule has 1 N–H and O–H groups in total. The molecule has 0 radical (unpaired) electrons. The third kappa shape index (κ3) is 3.68. The van der Waals surface area contributed by atoms with E-state index in [1.807, 2.05) is 18.2 Å². The molecule has 1 aliphatic heterocycles. The van der Waals surface area contributed by atoms with Crippen LogP contribution in [0.4, 0.5) is 5.82 Å². The Labute approximate surface area is 176 Å². The maximum atomic E-state index is 6.19. The molecule has 152 valence electrons. The van der Waals surface area contributed by atoms with Crippen LogP contribution >= 0.6 is 0 Å². The van der Waals surface area contributed by atoms with Gasteiger partial charge in [-0.1, -0.05) is 55.5 Å². The van der Waals surface area contributed by atoms with Gasteiger partial charge in [0.2, 0.25) is 0 Å². The lowest BCUT2D eigenvalue weighted by atomic mass is 10.2. The van der Waals surface area contributed by atoms with Crippen molar-refractivity contribution in [1.29, 1.82) is 0 Å². The number of nitrogens with one attached hydrogen (secondary N) is 1. The number of rotatable bonds is 5. The third-order valence-electron chi connectivity index (χ3n) is 5.85. The molecule has 1 saturated heterocycles. The number of quaternary nitrogens is 1. The Kier molecular flexibility index (Phi) is 5.20. The van der Waals surface area contributed by atoms with Crippen LogP contribution in [0.25, 0.3) is 28.1 Å². The van der Waals surface area contributed by atoms with Crippen LogP contribution in [0.5, 0.6) is 0 Å². The second-order valence-electron chi connectivity index (χ2n) is 7.85. The fraction of sp³-hybridized carbons (Fsp3) is 0.280. The maximum Gasteiger partial charge on any atom is 0.196 e. The Morgan fingerprint density at radius 1 is 1.00 bits per heavy atom. The first-order chi connectivity index (χ1) is 14.8. The van der Waals surface area contributed by atoms with Crippen molar-refractivity contribution in [2.24, 2.45) is 0 Å². The highest BCUT2D eigenvalue weighted by atomic mass is 16.3. The molecule has 30 heavy (non-hydrogen) atoms. The first-order valence-electron chi connectivity index (χ1n) is 10.8. The van der Waals surface area contributed by atoms with Gasteiger partial charge in [0.1, 0.15) is 16.9 Å². The van der Waals surface area contributed by atoms with E-state index in [4.69, 9.17) is 14.4 Å². The van der Waals surface area contributed by atoms with E-state index in [0.29, 0.717) is 0 Å². The summed E-state index contributed by atoms with van der Waals surface area (Å²) < 4.78 is 6.19. The molecule has 1 aliphatic rings. The Morgan fingerprint density at radius 2 is 1.77 bits per heavy atom. The normalized spacial score (nSPS) is 15.6. The minimum absolute atomic E-state index is 0.817. The van der Waals surface area contributed by atoms with E-state index < -0.39 is 0 Å². The third-order valence-corrected chi connectivity index (χ3v) is 5.85. The first-order valence-corrected chi connectivity index (χ1v) is 10.8. The molecule has 5 heteroatoms. The Bertz CT molecular complexity index is 1170. The number of benzene rings is 2. The van der Waals surface area contributed by atoms with E-state index in [1.54, 1.807) is 4.90 Å². The molecule has 0 saturated carbocycles. The van der Waals surface area contributed by atoms with Crippen molar-refractivity contribution >= 4 is 34.0 Å². The minimum Gasteiger partial charge on any atom is -0.450 e. The lowest BCUT2D eigenvalue weighted by Crippen LogP contribution is -3.14. The van der Waals surface area contributed by atoms with Crippen LogP contribution in [0.3, 0.4) is 0 Å². The second-order valence-corrected chi connectivity index (χ2v) is 7.85. The number of fused-ring (bicyclic) bond motifs is 3. The molecule has 0 amide bonds. The summed E-state index contributed by atoms with van der Waals surface area (Å²) in [5.41, 5.74) is 3.90. The van der Waals surface area contributed by atoms with Crippen molar-refractivity contribution in [3.05, 3.63) is 72.1 Å². The molecule has 4 aromatic rings. The summed E-state index contributed by atoms with van der Waals surface area (Å²) in [7, 11) is 0. The number of aryl methyl sites for hydroxylation is 1. The monoisotopic (exact) mass is 399 g/mol. The Hall–Kier alpha value is -3.18. The molecular weight excluding hydrogens is 372 g/mol. The molecule has 5 nitrogen and oxygen atoms in total. The van der Waals surface area contributed by atoms with Gasteiger partial charge in [0.15, 0.2) is 11.4 Å². The van der Waals surface area contributed by atoms with Crippen LogP contribution in [0.1, 0.15) is 18.3 Å². The number of nitrogens with zero attached hydrogens (tertiary/aromatic N) is 3. The van der Waals surface area contributed by atoms with Crippen LogP contribution in [0.2, 0.25) is 0 Å². The van der Waals surface area contributed by atoms with E-state index in [2.05, 4.69) is 60.4 Å². The Morgan fingerprint density at radius 3 is 2.57 bits per heavy atom. The van der Waals surface area contributed by atoms with Crippen molar-refractivity contribution in [2.45, 2.75) is 13.3 Å². The second kappa shape index (κ2) is 8.28. The van der Waals surface area contributed by atoms with E-state index >= 15 is 0 Å². The predicted molar refractivity (Wildman–Crippen MR) is 122 cm³/mol. The van der Waals surface area contributed by atoms with Gasteiger partial charge in [0.25, 0.3) is 0 Å². The van der Waals surface area contributed by atoms with Crippen molar-refractivity contribution < 1.29 is 9.32 Å². The van der Waals surface area contributed by atoms with E-state index in [-0.39, 0.29) is 0 Å². The highest BCUT2D eigenvalue weighted by Gasteiger charge is 2.25. The average molecular weight is 400 g/mol. The van der Waals surface area contributed by atoms with Gasteiger partial charge in [-0.2, -0.15) is 0 Å². The summed E-state index contributed by atoms with van der Waals surface area (Å²) in [5.74, 6) is 1.83. The van der Waals surface area contributed by atoms with Gasteiger partial charge in [-0.25, -0.2) is 9.97 Å². The SMILES string of the molecule is CCc1nc(N2CC[NH+](CC=Cc3ccccc3)CC2)c2oc3ccccc3c2n1. The molecule has 0 bridgehead atoms. The standard InChI is InChI=1S/C25H26N4O/c1-2-22-26-23-20-12-6-7-13-21(20)30-24(23)25(27-22)29-17-15-28(16-18-29)14-8-11-19-9-4-3-5-10-19/h3-13H,2,14-18H2,1H3/p+1. The van der Waals surface area contributed by atoms with Gasteiger partial charge in [-0.05, 0) is 23.8 Å². The van der Waals surface area contributed by atoms with E-state index in [9.17, 15) is 0 Å². The van der Waals surface area contributed by atoms with E-state index in [0.717, 1.165) is 72.9 Å². The van der Waals surface area contributed by atoms with Gasteiger partial charge in [0.05, 0.1) is 32.7 Å². The van der Waals surface area contributed by atoms with Gasteiger partial charge >= 0.3 is 0 Å². The molecule has 1 fully saturated rings. The number of anilines is 1. The Balaban J connectivity index is 1.34. The zero-order chi connectivity index (χ0) is 20.3. The van der Waals surface area contributed by atoms with Crippen LogP contribution in [-0.2, 0) is 6.42 Å². The summed E-state index contributed by atoms with van der Waals surface area (Å²) in [4.78, 5) is 13.6. The van der Waals surface area contributed by atoms with E-state index in [1.165, 1.54) is 5.56 Å². The summed E-state index contributed by atoms with van der Waals surface area (Å²) in [6.07, 6.45) is 5.32. The van der Waals surface area contributed by atoms with Crippen molar-refractivity contribution in [3.8, 4) is 0 Å². The topological polar surface area (TPSA) is 46.6 Å². The van der Waals surface area contributed by atoms with Gasteiger partial charge < -0.3 is 14.2 Å². The zero-order valence-corrected chi connectivity index (χ0v) is 17.3. The fourth-order valence-corrected chi connectivity index (χ4v) is 4.16. The molecule has 0 unspecified atom stereocenters. The number of para-hydroxylation sites is 1. The molecule has 0 spiro atoms. The number of hydrogen-bond acceptors (Lipinski definition) is 4. The van der Waals surface area contributed by atoms with Crippen molar-refractivity contribution in [1.82, 2.24) is 9.97 Å². The average Bonchev–Trinajstić information content (AvgIpc) is 3.18. The lowest BCUT2D eigenvalue weighted by Gasteiger charge is -2.32. The van der Waals surface area contributed by atoms with Crippen LogP contribution in [0, 0.1) is 0 Å². The highest BCUT2D eigenvalue weighted by Crippen LogP contribution is 2.32.